The molecule has 2 saturated heterocycles. The summed E-state index contributed by atoms with van der Waals surface area (Å²) in [6.45, 7) is 1.06. The van der Waals surface area contributed by atoms with Gasteiger partial charge in [0.15, 0.2) is 0 Å². The van der Waals surface area contributed by atoms with Crippen LogP contribution in [0.1, 0.15) is 36.0 Å². The van der Waals surface area contributed by atoms with E-state index < -0.39 is 12.7 Å². The zero-order valence-electron chi connectivity index (χ0n) is 15.1. The molecule has 1 amide bonds. The van der Waals surface area contributed by atoms with Gasteiger partial charge < -0.3 is 14.8 Å². The van der Waals surface area contributed by atoms with Gasteiger partial charge in [-0.15, -0.1) is 0 Å². The summed E-state index contributed by atoms with van der Waals surface area (Å²) < 4.78 is 48.4. The monoisotopic (exact) mass is 386 g/mol. The Morgan fingerprint density at radius 1 is 1.19 bits per heavy atom. The van der Waals surface area contributed by atoms with E-state index in [1.807, 2.05) is 0 Å². The van der Waals surface area contributed by atoms with Gasteiger partial charge in [0.05, 0.1) is 12.6 Å². The molecule has 0 radical (unpaired) electrons. The molecular weight excluding hydrogens is 361 g/mol. The summed E-state index contributed by atoms with van der Waals surface area (Å²) in [4.78, 5) is 13.7. The Hall–Kier alpha value is -1.80. The van der Waals surface area contributed by atoms with E-state index in [-0.39, 0.29) is 18.1 Å². The van der Waals surface area contributed by atoms with Crippen molar-refractivity contribution in [2.45, 2.75) is 44.0 Å². The molecular formula is C19H25F3N2O3. The molecule has 5 nitrogen and oxygen atoms in total. The lowest BCUT2D eigenvalue weighted by Crippen LogP contribution is -2.47. The molecule has 150 valence electrons. The lowest BCUT2D eigenvalue weighted by molar-refractivity contribution is -0.148. The maximum Gasteiger partial charge on any atom is 0.401 e. The number of halogens is 3. The van der Waals surface area contributed by atoms with Gasteiger partial charge in [-0.05, 0) is 49.9 Å². The van der Waals surface area contributed by atoms with Gasteiger partial charge in [0, 0.05) is 31.3 Å². The van der Waals surface area contributed by atoms with E-state index in [0.29, 0.717) is 43.9 Å². The van der Waals surface area contributed by atoms with E-state index in [9.17, 15) is 18.0 Å². The zero-order chi connectivity index (χ0) is 19.3. The second-order valence-corrected chi connectivity index (χ2v) is 7.11. The van der Waals surface area contributed by atoms with Crippen molar-refractivity contribution < 1.29 is 27.4 Å². The molecule has 3 rings (SSSR count). The minimum Gasteiger partial charge on any atom is -0.491 e. The fourth-order valence-electron chi connectivity index (χ4n) is 3.43. The van der Waals surface area contributed by atoms with Gasteiger partial charge in [-0.25, -0.2) is 0 Å². The topological polar surface area (TPSA) is 50.8 Å². The van der Waals surface area contributed by atoms with Crippen LogP contribution in [0.3, 0.4) is 0 Å². The van der Waals surface area contributed by atoms with Gasteiger partial charge in [0.25, 0.3) is 5.91 Å². The van der Waals surface area contributed by atoms with E-state index in [1.165, 1.54) is 4.90 Å². The van der Waals surface area contributed by atoms with Gasteiger partial charge in [0.1, 0.15) is 12.4 Å². The van der Waals surface area contributed by atoms with Gasteiger partial charge in [-0.3, -0.25) is 9.69 Å². The average molecular weight is 386 g/mol. The Bertz CT molecular complexity index is 608. The first-order chi connectivity index (χ1) is 12.9. The van der Waals surface area contributed by atoms with Crippen LogP contribution >= 0.6 is 0 Å². The molecule has 1 aromatic rings. The molecule has 0 aliphatic carbocycles. The Morgan fingerprint density at radius 3 is 2.48 bits per heavy atom. The highest BCUT2D eigenvalue weighted by molar-refractivity contribution is 5.94. The number of alkyl halides is 3. The third kappa shape index (κ3) is 6.39. The van der Waals surface area contributed by atoms with Crippen molar-refractivity contribution >= 4 is 5.91 Å². The first-order valence-corrected chi connectivity index (χ1v) is 9.33. The van der Waals surface area contributed by atoms with Crippen LogP contribution in [-0.2, 0) is 4.74 Å². The summed E-state index contributed by atoms with van der Waals surface area (Å²) in [6, 6.07) is 6.78. The van der Waals surface area contributed by atoms with Gasteiger partial charge in [-0.2, -0.15) is 13.2 Å². The molecule has 0 spiro atoms. The van der Waals surface area contributed by atoms with Crippen molar-refractivity contribution in [3.63, 3.8) is 0 Å². The lowest BCUT2D eigenvalue weighted by atomic mass is 10.0. The summed E-state index contributed by atoms with van der Waals surface area (Å²) in [5.41, 5.74) is 0.511. The second kappa shape index (κ2) is 8.93. The summed E-state index contributed by atoms with van der Waals surface area (Å²) in [6.07, 6.45) is -0.945. The molecule has 27 heavy (non-hydrogen) atoms. The van der Waals surface area contributed by atoms with E-state index in [0.717, 1.165) is 19.4 Å². The van der Waals surface area contributed by atoms with Crippen molar-refractivity contribution in [1.82, 2.24) is 10.2 Å². The molecule has 1 N–H and O–H groups in total. The quantitative estimate of drug-likeness (QED) is 0.817. The minimum absolute atomic E-state index is 0.0996. The number of hydrogen-bond acceptors (Lipinski definition) is 4. The number of piperidine rings is 1. The zero-order valence-corrected chi connectivity index (χ0v) is 15.1. The Morgan fingerprint density at radius 2 is 1.89 bits per heavy atom. The van der Waals surface area contributed by atoms with Crippen LogP contribution in [0.4, 0.5) is 13.2 Å². The van der Waals surface area contributed by atoms with Crippen molar-refractivity contribution in [2.24, 2.45) is 0 Å². The number of amides is 1. The van der Waals surface area contributed by atoms with Crippen LogP contribution in [0.15, 0.2) is 24.3 Å². The molecule has 8 heteroatoms. The summed E-state index contributed by atoms with van der Waals surface area (Å²) in [7, 11) is 0. The van der Waals surface area contributed by atoms with E-state index in [4.69, 9.17) is 9.47 Å². The summed E-state index contributed by atoms with van der Waals surface area (Å²) >= 11 is 0. The van der Waals surface area contributed by atoms with Crippen LogP contribution in [0.25, 0.3) is 0 Å². The molecule has 1 unspecified atom stereocenters. The predicted molar refractivity (Wildman–Crippen MR) is 93.9 cm³/mol. The maximum atomic E-state index is 12.4. The molecule has 2 aliphatic heterocycles. The minimum atomic E-state index is -4.18. The van der Waals surface area contributed by atoms with Crippen molar-refractivity contribution in [2.75, 3.05) is 32.8 Å². The number of likely N-dealkylation sites (tertiary alicyclic amines) is 1. The highest BCUT2D eigenvalue weighted by Gasteiger charge is 2.32. The number of carbonyl (C=O) groups excluding carboxylic acids is 1. The fourth-order valence-corrected chi connectivity index (χ4v) is 3.43. The van der Waals surface area contributed by atoms with Crippen molar-refractivity contribution in [3.8, 4) is 5.75 Å². The number of nitrogens with one attached hydrogen (secondary N) is 1. The van der Waals surface area contributed by atoms with Crippen molar-refractivity contribution in [1.29, 1.82) is 0 Å². The number of carbonyl (C=O) groups is 1. The third-order valence-electron chi connectivity index (χ3n) is 4.90. The molecule has 0 saturated carbocycles. The second-order valence-electron chi connectivity index (χ2n) is 7.11. The van der Waals surface area contributed by atoms with Gasteiger partial charge in [0.2, 0.25) is 0 Å². The van der Waals surface area contributed by atoms with Gasteiger partial charge in [-0.1, -0.05) is 0 Å². The standard InChI is InChI=1S/C19H25F3N2O3/c20-19(21,22)13-24-9-7-15(8-10-24)23-18(25)14-3-5-16(6-4-14)27-12-17-2-1-11-26-17/h3-6,15,17H,1-2,7-13H2,(H,23,25). The Labute approximate surface area is 156 Å². The third-order valence-corrected chi connectivity index (χ3v) is 4.90. The van der Waals surface area contributed by atoms with E-state index in [1.54, 1.807) is 24.3 Å². The highest BCUT2D eigenvalue weighted by Crippen LogP contribution is 2.20. The molecule has 1 aromatic carbocycles. The lowest BCUT2D eigenvalue weighted by Gasteiger charge is -2.32. The first kappa shape index (κ1) is 19.9. The predicted octanol–water partition coefficient (Wildman–Crippen LogP) is 3.00. The number of benzene rings is 1. The van der Waals surface area contributed by atoms with Crippen LogP contribution < -0.4 is 10.1 Å². The largest absolute Gasteiger partial charge is 0.491 e. The van der Waals surface area contributed by atoms with Crippen LogP contribution in [-0.4, -0.2) is 62.0 Å². The van der Waals surface area contributed by atoms with Crippen molar-refractivity contribution in [3.05, 3.63) is 29.8 Å². The molecule has 0 aromatic heterocycles. The smallest absolute Gasteiger partial charge is 0.401 e. The van der Waals surface area contributed by atoms with Crippen LogP contribution in [0.5, 0.6) is 5.75 Å². The number of ether oxygens (including phenoxy) is 2. The molecule has 1 atom stereocenters. The Kier molecular flexibility index (Phi) is 6.59. The number of hydrogen-bond donors (Lipinski definition) is 1. The van der Waals surface area contributed by atoms with Crippen LogP contribution in [0.2, 0.25) is 0 Å². The molecule has 2 fully saturated rings. The fraction of sp³-hybridized carbons (Fsp3) is 0.632. The summed E-state index contributed by atoms with van der Waals surface area (Å²) in [5.74, 6) is 0.470. The Balaban J connectivity index is 1.41. The maximum absolute atomic E-state index is 12.4. The molecule has 2 heterocycles. The van der Waals surface area contributed by atoms with E-state index >= 15 is 0 Å². The molecule has 0 bridgehead atoms. The SMILES string of the molecule is O=C(NC1CCN(CC(F)(F)F)CC1)c1ccc(OCC2CCCO2)cc1. The molecule has 2 aliphatic rings. The summed E-state index contributed by atoms with van der Waals surface area (Å²) in [5, 5.41) is 2.91. The van der Waals surface area contributed by atoms with Crippen LogP contribution in [0, 0.1) is 0 Å². The van der Waals surface area contributed by atoms with Gasteiger partial charge >= 0.3 is 6.18 Å². The van der Waals surface area contributed by atoms with E-state index in [2.05, 4.69) is 5.32 Å². The average Bonchev–Trinajstić information content (AvgIpc) is 3.14. The first-order valence-electron chi connectivity index (χ1n) is 9.33. The normalized spacial score (nSPS) is 22.0. The number of nitrogens with zero attached hydrogens (tertiary/aromatic N) is 1. The highest BCUT2D eigenvalue weighted by atomic mass is 19.4. The number of rotatable bonds is 6.